The molecule has 6 nitrogen and oxygen atoms in total. The summed E-state index contributed by atoms with van der Waals surface area (Å²) in [6.45, 7) is 3.32. The minimum absolute atomic E-state index is 0.0457. The lowest BCUT2D eigenvalue weighted by Crippen LogP contribution is -2.49. The first kappa shape index (κ1) is 15.1. The number of carbonyl (C=O) groups is 2. The van der Waals surface area contributed by atoms with E-state index in [-0.39, 0.29) is 17.9 Å². The maximum absolute atomic E-state index is 12.0. The first-order valence-electron chi connectivity index (χ1n) is 7.37. The summed E-state index contributed by atoms with van der Waals surface area (Å²) in [5.41, 5.74) is -0.670. The standard InChI is InChI=1S/C14H24N2O4/c1-14(20)5-7-16(8-6-14)13(19)15-9-10-3-2-4-11(10)12(17)18/h10-11,20H,2-9H2,1H3,(H,15,19)(H,17,18). The number of rotatable bonds is 3. The molecular weight excluding hydrogens is 260 g/mol. The Kier molecular flexibility index (Phi) is 4.52. The van der Waals surface area contributed by atoms with Gasteiger partial charge in [-0.15, -0.1) is 0 Å². The van der Waals surface area contributed by atoms with Crippen LogP contribution in [0.5, 0.6) is 0 Å². The molecule has 0 aromatic carbocycles. The van der Waals surface area contributed by atoms with Crippen LogP contribution in [0.4, 0.5) is 4.79 Å². The summed E-state index contributed by atoms with van der Waals surface area (Å²) in [6.07, 6.45) is 3.67. The van der Waals surface area contributed by atoms with E-state index in [1.807, 2.05) is 0 Å². The minimum atomic E-state index is -0.754. The molecule has 2 unspecified atom stereocenters. The zero-order valence-corrected chi connectivity index (χ0v) is 12.0. The van der Waals surface area contributed by atoms with Gasteiger partial charge in [0.25, 0.3) is 0 Å². The summed E-state index contributed by atoms with van der Waals surface area (Å²) in [5, 5.41) is 21.8. The van der Waals surface area contributed by atoms with Crippen LogP contribution in [-0.2, 0) is 4.79 Å². The lowest BCUT2D eigenvalue weighted by molar-refractivity contribution is -0.142. The van der Waals surface area contributed by atoms with Crippen molar-refractivity contribution in [1.29, 1.82) is 0 Å². The van der Waals surface area contributed by atoms with Crippen LogP contribution < -0.4 is 5.32 Å². The number of urea groups is 1. The van der Waals surface area contributed by atoms with Crippen LogP contribution >= 0.6 is 0 Å². The number of carbonyl (C=O) groups excluding carboxylic acids is 1. The number of aliphatic carboxylic acids is 1. The van der Waals surface area contributed by atoms with Gasteiger partial charge in [0.05, 0.1) is 11.5 Å². The van der Waals surface area contributed by atoms with Gasteiger partial charge >= 0.3 is 12.0 Å². The maximum atomic E-state index is 12.0. The number of carboxylic acid groups (broad SMARTS) is 1. The van der Waals surface area contributed by atoms with E-state index in [1.54, 1.807) is 11.8 Å². The molecule has 2 rings (SSSR count). The van der Waals surface area contributed by atoms with Gasteiger partial charge in [-0.2, -0.15) is 0 Å². The molecule has 2 aliphatic rings. The number of piperidine rings is 1. The maximum Gasteiger partial charge on any atom is 0.317 e. The SMILES string of the molecule is CC1(O)CCN(C(=O)NCC2CCCC2C(=O)O)CC1. The highest BCUT2D eigenvalue weighted by molar-refractivity contribution is 5.74. The number of nitrogens with one attached hydrogen (secondary N) is 1. The van der Waals surface area contributed by atoms with Crippen molar-refractivity contribution in [2.45, 2.75) is 44.6 Å². The van der Waals surface area contributed by atoms with Crippen molar-refractivity contribution >= 4 is 12.0 Å². The molecule has 2 amide bonds. The van der Waals surface area contributed by atoms with Crippen molar-refractivity contribution in [3.8, 4) is 0 Å². The van der Waals surface area contributed by atoms with Crippen LogP contribution in [-0.4, -0.2) is 52.3 Å². The molecule has 1 aliphatic heterocycles. The van der Waals surface area contributed by atoms with Crippen LogP contribution in [0.2, 0.25) is 0 Å². The molecule has 6 heteroatoms. The third-order valence-electron chi connectivity index (χ3n) is 4.62. The summed E-state index contributed by atoms with van der Waals surface area (Å²) >= 11 is 0. The molecule has 2 atom stereocenters. The molecule has 1 saturated carbocycles. The molecule has 1 aliphatic carbocycles. The Morgan fingerprint density at radius 3 is 2.55 bits per heavy atom. The second-order valence-corrected chi connectivity index (χ2v) is 6.31. The highest BCUT2D eigenvalue weighted by atomic mass is 16.4. The Labute approximate surface area is 119 Å². The van der Waals surface area contributed by atoms with Crippen molar-refractivity contribution < 1.29 is 19.8 Å². The molecule has 0 radical (unpaired) electrons. The number of amides is 2. The van der Waals surface area contributed by atoms with Crippen LogP contribution in [0.15, 0.2) is 0 Å². The molecule has 1 heterocycles. The van der Waals surface area contributed by atoms with Crippen molar-refractivity contribution in [1.82, 2.24) is 10.2 Å². The predicted octanol–water partition coefficient (Wildman–Crippen LogP) is 1.04. The Hall–Kier alpha value is -1.30. The van der Waals surface area contributed by atoms with Gasteiger partial charge in [-0.3, -0.25) is 4.79 Å². The van der Waals surface area contributed by atoms with Crippen LogP contribution in [0.3, 0.4) is 0 Å². The predicted molar refractivity (Wildman–Crippen MR) is 73.3 cm³/mol. The molecule has 1 saturated heterocycles. The van der Waals surface area contributed by atoms with Gasteiger partial charge in [-0.05, 0) is 38.5 Å². The normalized spacial score (nSPS) is 29.2. The fraction of sp³-hybridized carbons (Fsp3) is 0.857. The highest BCUT2D eigenvalue weighted by Crippen LogP contribution is 2.31. The quantitative estimate of drug-likeness (QED) is 0.722. The largest absolute Gasteiger partial charge is 0.481 e. The van der Waals surface area contributed by atoms with E-state index in [2.05, 4.69) is 5.32 Å². The summed E-state index contributed by atoms with van der Waals surface area (Å²) < 4.78 is 0. The van der Waals surface area contributed by atoms with Crippen molar-refractivity contribution in [2.75, 3.05) is 19.6 Å². The van der Waals surface area contributed by atoms with Crippen molar-refractivity contribution in [3.05, 3.63) is 0 Å². The Balaban J connectivity index is 1.77. The van der Waals surface area contributed by atoms with Crippen LogP contribution in [0.1, 0.15) is 39.0 Å². The number of hydrogen-bond donors (Lipinski definition) is 3. The number of nitrogens with zero attached hydrogens (tertiary/aromatic N) is 1. The van der Waals surface area contributed by atoms with E-state index in [1.165, 1.54) is 0 Å². The molecule has 20 heavy (non-hydrogen) atoms. The number of hydrogen-bond acceptors (Lipinski definition) is 3. The third kappa shape index (κ3) is 3.62. The monoisotopic (exact) mass is 284 g/mol. The van der Waals surface area contributed by atoms with Crippen LogP contribution in [0.25, 0.3) is 0 Å². The third-order valence-corrected chi connectivity index (χ3v) is 4.62. The zero-order chi connectivity index (χ0) is 14.8. The van der Waals surface area contributed by atoms with Gasteiger partial charge in [0.15, 0.2) is 0 Å². The highest BCUT2D eigenvalue weighted by Gasteiger charge is 2.34. The number of aliphatic hydroxyl groups is 1. The van der Waals surface area contributed by atoms with E-state index in [0.717, 1.165) is 12.8 Å². The van der Waals surface area contributed by atoms with E-state index >= 15 is 0 Å². The summed E-state index contributed by atoms with van der Waals surface area (Å²) in [6, 6.07) is -0.142. The average Bonchev–Trinajstić information content (AvgIpc) is 2.84. The van der Waals surface area contributed by atoms with Gasteiger partial charge in [-0.25, -0.2) is 4.79 Å². The summed E-state index contributed by atoms with van der Waals surface area (Å²) in [4.78, 5) is 24.8. The lowest BCUT2D eigenvalue weighted by atomic mass is 9.94. The van der Waals surface area contributed by atoms with Gasteiger partial charge in [0, 0.05) is 19.6 Å². The smallest absolute Gasteiger partial charge is 0.317 e. The Morgan fingerprint density at radius 2 is 1.95 bits per heavy atom. The van der Waals surface area contributed by atoms with Crippen molar-refractivity contribution in [3.63, 3.8) is 0 Å². The number of likely N-dealkylation sites (tertiary alicyclic amines) is 1. The van der Waals surface area contributed by atoms with Gasteiger partial charge < -0.3 is 20.4 Å². The van der Waals surface area contributed by atoms with Gasteiger partial charge in [-0.1, -0.05) is 6.42 Å². The van der Waals surface area contributed by atoms with E-state index in [9.17, 15) is 14.7 Å². The molecule has 0 bridgehead atoms. The molecule has 0 aromatic rings. The summed E-state index contributed by atoms with van der Waals surface area (Å²) in [7, 11) is 0. The molecule has 3 N–H and O–H groups in total. The molecular formula is C14H24N2O4. The van der Waals surface area contributed by atoms with E-state index in [4.69, 9.17) is 5.11 Å². The molecule has 0 aromatic heterocycles. The lowest BCUT2D eigenvalue weighted by Gasteiger charge is -2.36. The first-order chi connectivity index (χ1) is 9.39. The molecule has 0 spiro atoms. The fourth-order valence-electron chi connectivity index (χ4n) is 3.13. The first-order valence-corrected chi connectivity index (χ1v) is 7.37. The second-order valence-electron chi connectivity index (χ2n) is 6.31. The van der Waals surface area contributed by atoms with Gasteiger partial charge in [0.2, 0.25) is 0 Å². The second kappa shape index (κ2) is 5.99. The number of carboxylic acids is 1. The Morgan fingerprint density at radius 1 is 1.30 bits per heavy atom. The van der Waals surface area contributed by atoms with Crippen molar-refractivity contribution in [2.24, 2.45) is 11.8 Å². The fourth-order valence-corrected chi connectivity index (χ4v) is 3.13. The van der Waals surface area contributed by atoms with E-state index in [0.29, 0.717) is 38.9 Å². The van der Waals surface area contributed by atoms with Gasteiger partial charge in [0.1, 0.15) is 0 Å². The van der Waals surface area contributed by atoms with E-state index < -0.39 is 11.6 Å². The minimum Gasteiger partial charge on any atom is -0.481 e. The molecule has 114 valence electrons. The summed E-state index contributed by atoms with van der Waals surface area (Å²) in [5.74, 6) is -1.03. The average molecular weight is 284 g/mol. The van der Waals surface area contributed by atoms with Crippen LogP contribution in [0, 0.1) is 11.8 Å². The topological polar surface area (TPSA) is 89.9 Å². The zero-order valence-electron chi connectivity index (χ0n) is 12.0. The Bertz CT molecular complexity index is 373. The molecule has 2 fully saturated rings.